The summed E-state index contributed by atoms with van der Waals surface area (Å²) in [6.07, 6.45) is 2.45. The molecule has 0 atom stereocenters. The molecule has 7 rings (SSSR count). The van der Waals surface area contributed by atoms with Crippen molar-refractivity contribution in [3.63, 3.8) is 0 Å². The fourth-order valence-corrected chi connectivity index (χ4v) is 7.26. The number of carbonyl (C=O) groups is 2. The van der Waals surface area contributed by atoms with Gasteiger partial charge in [-0.15, -0.1) is 0 Å². The number of carboxylic acid groups (broad SMARTS) is 1. The van der Waals surface area contributed by atoms with Crippen LogP contribution in [0.15, 0.2) is 85.1 Å². The van der Waals surface area contributed by atoms with Crippen LogP contribution in [0, 0.1) is 6.92 Å². The molecule has 0 aliphatic carbocycles. The van der Waals surface area contributed by atoms with Crippen molar-refractivity contribution in [1.82, 2.24) is 19.7 Å². The number of anilines is 2. The molecule has 0 saturated heterocycles. The van der Waals surface area contributed by atoms with Crippen LogP contribution in [0.3, 0.4) is 0 Å². The number of carboxylic acids is 1. The van der Waals surface area contributed by atoms with E-state index in [0.717, 1.165) is 43.7 Å². The maximum atomic E-state index is 13.6. The molecule has 6 aromatic rings. The van der Waals surface area contributed by atoms with E-state index in [-0.39, 0.29) is 11.6 Å². The predicted octanol–water partition coefficient (Wildman–Crippen LogP) is 7.72. The molecule has 0 fully saturated rings. The van der Waals surface area contributed by atoms with E-state index in [1.165, 1.54) is 11.3 Å². The number of nitrogens with zero attached hydrogens (tertiary/aromatic N) is 5. The van der Waals surface area contributed by atoms with Crippen molar-refractivity contribution >= 4 is 44.4 Å². The summed E-state index contributed by atoms with van der Waals surface area (Å²) >= 11 is 1.44. The largest absolute Gasteiger partial charge is 0.476 e. The monoisotopic (exact) mass is 656 g/mol. The summed E-state index contributed by atoms with van der Waals surface area (Å²) < 4.78 is 2.91. The van der Waals surface area contributed by atoms with Gasteiger partial charge in [-0.3, -0.25) is 14.8 Å². The number of hydrogen-bond acceptors (Lipinski definition) is 7. The van der Waals surface area contributed by atoms with E-state index in [1.807, 2.05) is 84.4 Å². The Kier molecular flexibility index (Phi) is 8.04. The Labute approximate surface area is 282 Å². The van der Waals surface area contributed by atoms with Crippen molar-refractivity contribution in [3.05, 3.63) is 124 Å². The van der Waals surface area contributed by atoms with Crippen LogP contribution in [0.25, 0.3) is 21.3 Å². The molecule has 4 heterocycles. The molecule has 1 amide bonds. The number of benzene rings is 3. The molecular weight excluding hydrogens is 621 g/mol. The Morgan fingerprint density at radius 2 is 1.75 bits per heavy atom. The minimum Gasteiger partial charge on any atom is -0.476 e. The number of fused-ring (bicyclic) bond motifs is 2. The highest BCUT2D eigenvalue weighted by molar-refractivity contribution is 7.22. The van der Waals surface area contributed by atoms with E-state index in [9.17, 15) is 14.7 Å². The van der Waals surface area contributed by atoms with Gasteiger partial charge >= 0.3 is 5.97 Å². The van der Waals surface area contributed by atoms with Crippen molar-refractivity contribution in [2.24, 2.45) is 0 Å². The van der Waals surface area contributed by atoms with Crippen molar-refractivity contribution in [1.29, 1.82) is 0 Å². The fourth-order valence-electron chi connectivity index (χ4n) is 6.40. The average molecular weight is 657 g/mol. The van der Waals surface area contributed by atoms with Crippen LogP contribution in [-0.2, 0) is 24.9 Å². The van der Waals surface area contributed by atoms with Crippen LogP contribution in [0.5, 0.6) is 0 Å². The van der Waals surface area contributed by atoms with Crippen LogP contribution in [0.4, 0.5) is 10.9 Å². The van der Waals surface area contributed by atoms with Crippen LogP contribution in [0.1, 0.15) is 69.6 Å². The molecule has 2 N–H and O–H groups in total. The van der Waals surface area contributed by atoms with Crippen molar-refractivity contribution in [2.75, 3.05) is 16.8 Å². The van der Waals surface area contributed by atoms with Gasteiger partial charge in [-0.05, 0) is 65.3 Å². The minimum absolute atomic E-state index is 0.00699. The number of hydrogen-bond donors (Lipinski definition) is 2. The van der Waals surface area contributed by atoms with E-state index in [1.54, 1.807) is 6.20 Å². The van der Waals surface area contributed by atoms with Gasteiger partial charge < -0.3 is 10.0 Å². The number of nitrogens with one attached hydrogen (secondary N) is 1. The highest BCUT2D eigenvalue weighted by atomic mass is 32.1. The van der Waals surface area contributed by atoms with Crippen molar-refractivity contribution < 1.29 is 14.7 Å². The maximum Gasteiger partial charge on any atom is 0.355 e. The highest BCUT2D eigenvalue weighted by Gasteiger charge is 2.31. The van der Waals surface area contributed by atoms with E-state index >= 15 is 0 Å². The van der Waals surface area contributed by atoms with Gasteiger partial charge in [0.1, 0.15) is 5.82 Å². The predicted molar refractivity (Wildman–Crippen MR) is 190 cm³/mol. The van der Waals surface area contributed by atoms with Gasteiger partial charge in [-0.1, -0.05) is 86.7 Å². The first-order valence-corrected chi connectivity index (χ1v) is 16.8. The molecule has 9 nitrogen and oxygen atoms in total. The average Bonchev–Trinajstić information content (AvgIpc) is 3.65. The summed E-state index contributed by atoms with van der Waals surface area (Å²) in [6, 6.07) is 25.7. The van der Waals surface area contributed by atoms with Crippen LogP contribution in [0.2, 0.25) is 0 Å². The third-order valence-electron chi connectivity index (χ3n) is 8.92. The van der Waals surface area contributed by atoms with Gasteiger partial charge in [-0.2, -0.15) is 5.10 Å². The molecule has 10 heteroatoms. The van der Waals surface area contributed by atoms with Crippen LogP contribution < -0.4 is 10.2 Å². The van der Waals surface area contributed by atoms with E-state index in [0.29, 0.717) is 48.1 Å². The molecule has 0 unspecified atom stereocenters. The number of amides is 1. The molecule has 1 aliphatic heterocycles. The van der Waals surface area contributed by atoms with E-state index in [4.69, 9.17) is 4.98 Å². The van der Waals surface area contributed by atoms with Crippen LogP contribution in [-0.4, -0.2) is 43.3 Å². The topological polar surface area (TPSA) is 113 Å². The maximum absolute atomic E-state index is 13.6. The molecule has 242 valence electrons. The number of aromatic carboxylic acids is 1. The van der Waals surface area contributed by atoms with Crippen molar-refractivity contribution in [2.45, 2.75) is 52.6 Å². The van der Waals surface area contributed by atoms with E-state index in [2.05, 4.69) is 47.1 Å². The third-order valence-corrected chi connectivity index (χ3v) is 9.87. The first-order chi connectivity index (χ1) is 23.1. The molecule has 3 aromatic carbocycles. The first kappa shape index (κ1) is 31.3. The molecule has 0 saturated carbocycles. The van der Waals surface area contributed by atoms with Gasteiger partial charge in [0, 0.05) is 35.5 Å². The van der Waals surface area contributed by atoms with Gasteiger partial charge in [0.25, 0.3) is 5.91 Å². The molecule has 1 aliphatic rings. The number of carbonyl (C=O) groups excluding carboxylic acids is 1. The summed E-state index contributed by atoms with van der Waals surface area (Å²) in [4.78, 5) is 38.0. The lowest BCUT2D eigenvalue weighted by molar-refractivity contribution is 0.0691. The number of aromatic nitrogens is 4. The Morgan fingerprint density at radius 1 is 0.979 bits per heavy atom. The molecule has 3 aromatic heterocycles. The molecule has 0 spiro atoms. The van der Waals surface area contributed by atoms with Crippen molar-refractivity contribution in [3.8, 4) is 11.1 Å². The first-order valence-electron chi connectivity index (χ1n) is 15.9. The summed E-state index contributed by atoms with van der Waals surface area (Å²) in [5.41, 5.74) is 7.20. The Bertz CT molecular complexity index is 2150. The van der Waals surface area contributed by atoms with Gasteiger partial charge in [0.05, 0.1) is 23.0 Å². The second kappa shape index (κ2) is 12.4. The van der Waals surface area contributed by atoms with Crippen LogP contribution >= 0.6 is 11.3 Å². The number of para-hydroxylation sites is 1. The smallest absolute Gasteiger partial charge is 0.355 e. The Hall–Kier alpha value is -5.35. The molecule has 48 heavy (non-hydrogen) atoms. The molecule has 0 radical (unpaired) electrons. The van der Waals surface area contributed by atoms with E-state index < -0.39 is 11.4 Å². The lowest BCUT2D eigenvalue weighted by Gasteiger charge is -2.33. The summed E-state index contributed by atoms with van der Waals surface area (Å²) in [6.45, 7) is 9.86. The number of thiazole rings is 1. The lowest BCUT2D eigenvalue weighted by atomic mass is 9.81. The zero-order chi connectivity index (χ0) is 33.6. The molecular formula is C38H36N6O3S. The van der Waals surface area contributed by atoms with Gasteiger partial charge in [0.2, 0.25) is 0 Å². The van der Waals surface area contributed by atoms with Gasteiger partial charge in [0.15, 0.2) is 10.8 Å². The highest BCUT2D eigenvalue weighted by Crippen LogP contribution is 2.40. The Morgan fingerprint density at radius 3 is 2.50 bits per heavy atom. The standard InChI is InChI=1S/C38H36N6O3S/c1-23-27(20-39-44(23)21-24-11-6-5-7-12-24)33-29(38(2,3)4)19-32(41-34(33)36(46)47)43-18-17-25-13-10-14-26(28(25)22-43)35(45)42-37-40-30-15-8-9-16-31(30)48-37/h5-16,19-20H,17-18,21-22H2,1-4H3,(H,46,47)(H,40,42,45). The van der Waals surface area contributed by atoms with Gasteiger partial charge in [-0.25, -0.2) is 14.8 Å². The third kappa shape index (κ3) is 5.95. The fraction of sp³-hybridized carbons (Fsp3) is 0.237. The zero-order valence-electron chi connectivity index (χ0n) is 27.3. The minimum atomic E-state index is -1.10. The summed E-state index contributed by atoms with van der Waals surface area (Å²) in [7, 11) is 0. The lowest BCUT2D eigenvalue weighted by Crippen LogP contribution is -2.33. The summed E-state index contributed by atoms with van der Waals surface area (Å²) in [5.74, 6) is -0.746. The quantitative estimate of drug-likeness (QED) is 0.181. The SMILES string of the molecule is Cc1c(-c2c(C(C)(C)C)cc(N3CCc4cccc(C(=O)Nc5nc6ccccc6s5)c4C3)nc2C(=O)O)cnn1Cc1ccccc1. The second-order valence-electron chi connectivity index (χ2n) is 13.1. The Balaban J connectivity index is 1.24. The zero-order valence-corrected chi connectivity index (χ0v) is 28.1. The second-order valence-corrected chi connectivity index (χ2v) is 14.2. The number of pyridine rings is 1. The number of rotatable bonds is 7. The summed E-state index contributed by atoms with van der Waals surface area (Å²) in [5, 5.41) is 18.8. The normalized spacial score (nSPS) is 13.0. The molecule has 0 bridgehead atoms.